The monoisotopic (exact) mass is 169 g/mol. The van der Waals surface area contributed by atoms with E-state index in [9.17, 15) is 10.0 Å². The van der Waals surface area contributed by atoms with Crippen LogP contribution in [0.1, 0.15) is 5.76 Å². The van der Waals surface area contributed by atoms with Crippen molar-refractivity contribution in [3.05, 3.63) is 29.4 Å². The highest BCUT2D eigenvalue weighted by Gasteiger charge is 2.03. The normalized spacial score (nSPS) is 11.5. The lowest BCUT2D eigenvalue weighted by molar-refractivity contribution is -0.442. The molecular formula is C7H7NO4. The van der Waals surface area contributed by atoms with Crippen LogP contribution in [0, 0.1) is 5.21 Å². The third-order valence-corrected chi connectivity index (χ3v) is 1.11. The van der Waals surface area contributed by atoms with Crippen LogP contribution in [0.5, 0.6) is 0 Å². The molecule has 0 saturated carbocycles. The molecular weight excluding hydrogens is 162 g/mol. The number of rotatable bonds is 3. The Kier molecular flexibility index (Phi) is 2.47. The van der Waals surface area contributed by atoms with Crippen molar-refractivity contribution in [2.75, 3.05) is 6.54 Å². The summed E-state index contributed by atoms with van der Waals surface area (Å²) in [4.78, 5) is 10.0. The molecule has 1 heterocycles. The predicted octanol–water partition coefficient (Wildman–Crippen LogP) is 0.293. The standard InChI is InChI=1S/C7H7NO4/c9-7(10)5-8(11)4-6-2-1-3-12-6/h1-4H,5H2,(H,9,10)/b8-4-. The second kappa shape index (κ2) is 3.56. The molecule has 0 bridgehead atoms. The van der Waals surface area contributed by atoms with Crippen molar-refractivity contribution in [2.24, 2.45) is 0 Å². The van der Waals surface area contributed by atoms with Crippen molar-refractivity contribution < 1.29 is 19.1 Å². The van der Waals surface area contributed by atoms with Crippen LogP contribution in [0.15, 0.2) is 22.8 Å². The number of carboxylic acids is 1. The molecule has 1 aromatic rings. The summed E-state index contributed by atoms with van der Waals surface area (Å²) in [6, 6.07) is 3.17. The molecule has 0 fully saturated rings. The van der Waals surface area contributed by atoms with Gasteiger partial charge < -0.3 is 14.7 Å². The fraction of sp³-hybridized carbons (Fsp3) is 0.143. The number of hydroxylamine groups is 1. The highest BCUT2D eigenvalue weighted by Crippen LogP contribution is 1.94. The lowest BCUT2D eigenvalue weighted by Gasteiger charge is -1.97. The molecule has 0 radical (unpaired) electrons. The molecule has 0 spiro atoms. The summed E-state index contributed by atoms with van der Waals surface area (Å²) >= 11 is 0. The molecule has 0 aromatic carbocycles. The zero-order valence-corrected chi connectivity index (χ0v) is 6.14. The van der Waals surface area contributed by atoms with E-state index < -0.39 is 12.5 Å². The second-order valence-corrected chi connectivity index (χ2v) is 2.11. The molecule has 0 saturated heterocycles. The first-order valence-electron chi connectivity index (χ1n) is 3.22. The van der Waals surface area contributed by atoms with E-state index in [1.54, 1.807) is 12.1 Å². The smallest absolute Gasteiger partial charge is 0.371 e. The van der Waals surface area contributed by atoms with Gasteiger partial charge in [0.2, 0.25) is 12.8 Å². The molecule has 12 heavy (non-hydrogen) atoms. The first-order chi connectivity index (χ1) is 5.68. The number of aliphatic carboxylic acids is 1. The summed E-state index contributed by atoms with van der Waals surface area (Å²) in [5, 5.41) is 19.0. The molecule has 1 aromatic heterocycles. The summed E-state index contributed by atoms with van der Waals surface area (Å²) in [7, 11) is 0. The number of carbonyl (C=O) groups is 1. The lowest BCUT2D eigenvalue weighted by Crippen LogP contribution is -2.15. The Bertz CT molecular complexity index is 288. The Morgan fingerprint density at radius 1 is 1.83 bits per heavy atom. The Hall–Kier alpha value is -1.78. The van der Waals surface area contributed by atoms with E-state index in [2.05, 4.69) is 0 Å². The van der Waals surface area contributed by atoms with Gasteiger partial charge in [0.25, 0.3) is 0 Å². The van der Waals surface area contributed by atoms with E-state index in [1.807, 2.05) is 0 Å². The molecule has 0 aliphatic carbocycles. The van der Waals surface area contributed by atoms with Crippen molar-refractivity contribution >= 4 is 12.2 Å². The van der Waals surface area contributed by atoms with Gasteiger partial charge in [0.15, 0.2) is 5.76 Å². The number of nitrogens with zero attached hydrogens (tertiary/aromatic N) is 1. The van der Waals surface area contributed by atoms with Gasteiger partial charge in [-0.1, -0.05) is 0 Å². The van der Waals surface area contributed by atoms with Gasteiger partial charge in [-0.2, -0.15) is 4.74 Å². The lowest BCUT2D eigenvalue weighted by atomic mass is 10.5. The van der Waals surface area contributed by atoms with Crippen LogP contribution in [0.25, 0.3) is 0 Å². The number of hydrogen-bond acceptors (Lipinski definition) is 3. The molecule has 0 atom stereocenters. The first-order valence-corrected chi connectivity index (χ1v) is 3.22. The Labute approximate surface area is 68.1 Å². The van der Waals surface area contributed by atoms with Gasteiger partial charge in [-0.3, -0.25) is 0 Å². The van der Waals surface area contributed by atoms with E-state index in [1.165, 1.54) is 6.26 Å². The average Bonchev–Trinajstić information content (AvgIpc) is 2.37. The van der Waals surface area contributed by atoms with E-state index in [4.69, 9.17) is 9.52 Å². The predicted molar refractivity (Wildman–Crippen MR) is 40.0 cm³/mol. The van der Waals surface area contributed by atoms with Crippen LogP contribution >= 0.6 is 0 Å². The van der Waals surface area contributed by atoms with Crippen LogP contribution in [-0.2, 0) is 4.79 Å². The van der Waals surface area contributed by atoms with Crippen molar-refractivity contribution in [1.29, 1.82) is 0 Å². The quantitative estimate of drug-likeness (QED) is 0.305. The Morgan fingerprint density at radius 2 is 2.58 bits per heavy atom. The van der Waals surface area contributed by atoms with E-state index in [-0.39, 0.29) is 0 Å². The van der Waals surface area contributed by atoms with Crippen molar-refractivity contribution in [1.82, 2.24) is 0 Å². The molecule has 5 nitrogen and oxygen atoms in total. The molecule has 5 heteroatoms. The Balaban J connectivity index is 2.63. The minimum atomic E-state index is -1.17. The maximum atomic E-state index is 10.7. The highest BCUT2D eigenvalue weighted by molar-refractivity contribution is 5.73. The molecule has 0 amide bonds. The van der Waals surface area contributed by atoms with Crippen LogP contribution in [0.4, 0.5) is 0 Å². The van der Waals surface area contributed by atoms with E-state index in [0.29, 0.717) is 10.5 Å². The van der Waals surface area contributed by atoms with Gasteiger partial charge in [0.1, 0.15) is 0 Å². The van der Waals surface area contributed by atoms with Crippen molar-refractivity contribution in [3.8, 4) is 0 Å². The van der Waals surface area contributed by atoms with Gasteiger partial charge >= 0.3 is 5.97 Å². The minimum Gasteiger partial charge on any atom is -0.623 e. The third kappa shape index (κ3) is 2.45. The molecule has 1 rings (SSSR count). The maximum Gasteiger partial charge on any atom is 0.371 e. The van der Waals surface area contributed by atoms with Gasteiger partial charge in [-0.05, 0) is 12.1 Å². The van der Waals surface area contributed by atoms with Crippen LogP contribution < -0.4 is 0 Å². The van der Waals surface area contributed by atoms with Crippen LogP contribution in [0.3, 0.4) is 0 Å². The largest absolute Gasteiger partial charge is 0.623 e. The van der Waals surface area contributed by atoms with E-state index >= 15 is 0 Å². The summed E-state index contributed by atoms with van der Waals surface area (Å²) in [5.41, 5.74) is 0. The first kappa shape index (κ1) is 8.32. The maximum absolute atomic E-state index is 10.7. The average molecular weight is 169 g/mol. The molecule has 64 valence electrons. The summed E-state index contributed by atoms with van der Waals surface area (Å²) in [6.07, 6.45) is 2.48. The molecule has 0 aliphatic rings. The topological polar surface area (TPSA) is 76.5 Å². The molecule has 0 aliphatic heterocycles. The van der Waals surface area contributed by atoms with Gasteiger partial charge in [-0.15, -0.1) is 0 Å². The second-order valence-electron chi connectivity index (χ2n) is 2.11. The summed E-state index contributed by atoms with van der Waals surface area (Å²) in [5.74, 6) is -0.834. The van der Waals surface area contributed by atoms with Gasteiger partial charge in [0.05, 0.1) is 6.26 Å². The van der Waals surface area contributed by atoms with E-state index in [0.717, 1.165) is 6.21 Å². The van der Waals surface area contributed by atoms with Gasteiger partial charge in [0, 0.05) is 0 Å². The fourth-order valence-electron chi connectivity index (χ4n) is 0.686. The Morgan fingerprint density at radius 3 is 3.08 bits per heavy atom. The van der Waals surface area contributed by atoms with Gasteiger partial charge in [-0.25, -0.2) is 4.79 Å². The van der Waals surface area contributed by atoms with Crippen molar-refractivity contribution in [3.63, 3.8) is 0 Å². The number of furan rings is 1. The molecule has 1 N–H and O–H groups in total. The highest BCUT2D eigenvalue weighted by atomic mass is 16.5. The third-order valence-electron chi connectivity index (χ3n) is 1.11. The molecule has 0 unspecified atom stereocenters. The van der Waals surface area contributed by atoms with Crippen molar-refractivity contribution in [2.45, 2.75) is 0 Å². The number of hydrogen-bond donors (Lipinski definition) is 1. The van der Waals surface area contributed by atoms with Crippen LogP contribution in [-0.4, -0.2) is 28.6 Å². The number of carboxylic acid groups (broad SMARTS) is 1. The minimum absolute atomic E-state index is 0.293. The SMILES string of the molecule is O=C(O)C/[N+]([O-])=C/c1ccco1. The zero-order valence-electron chi connectivity index (χ0n) is 6.14. The fourth-order valence-corrected chi connectivity index (χ4v) is 0.686. The summed E-state index contributed by atoms with van der Waals surface area (Å²) in [6.45, 7) is -0.583. The zero-order chi connectivity index (χ0) is 8.97. The van der Waals surface area contributed by atoms with Crippen LogP contribution in [0.2, 0.25) is 0 Å². The summed E-state index contributed by atoms with van der Waals surface area (Å²) < 4.78 is 5.09.